The summed E-state index contributed by atoms with van der Waals surface area (Å²) in [6, 6.07) is 7.00. The Labute approximate surface area is 454 Å². The maximum atomic E-state index is 8.49. The maximum Gasteiger partial charge on any atom is 2.00 e. The van der Waals surface area contributed by atoms with Crippen LogP contribution in [-0.4, -0.2) is 98.5 Å². The van der Waals surface area contributed by atoms with Gasteiger partial charge < -0.3 is 38.7 Å². The molecular formula is C32H52Cl4Fe2N12O24. The predicted octanol–water partition coefficient (Wildman–Crippen LogP) is -13.8. The Hall–Kier alpha value is -4.72. The SMILES string of the molecule is C/C1=N\OC/C(C)=N/OC/C(C)=N/OC/C(C)=N/OC1.C/C1=N\OC/C(C)=N/OC/C(C)=N/OC/C(C)=N/OC1.CC#N.CC#N.CC#N.CC#N.[Fe+2].[Fe+2].[O-][Cl+3]([O-])([O-])[O-].[O-][Cl+3]([O-])([O-])[O-].[O-][Cl+3]([O-])([O-])[O-].[O-][Cl+3]([O-])([O-])[O-]. The van der Waals surface area contributed by atoms with Crippen LogP contribution in [-0.2, 0) is 72.8 Å². The summed E-state index contributed by atoms with van der Waals surface area (Å²) in [5, 5.41) is 60.3. The van der Waals surface area contributed by atoms with Gasteiger partial charge >= 0.3 is 34.1 Å². The molecular weight excluding hydrogens is 1190 g/mol. The first-order valence-corrected chi connectivity index (χ1v) is 22.7. The van der Waals surface area contributed by atoms with Crippen LogP contribution in [0.3, 0.4) is 0 Å². The van der Waals surface area contributed by atoms with Gasteiger partial charge in [0.15, 0.2) is 52.9 Å². The van der Waals surface area contributed by atoms with Crippen molar-refractivity contribution in [2.45, 2.75) is 83.1 Å². The molecule has 0 aromatic heterocycles. The molecule has 0 saturated carbocycles. The average molecular weight is 1240 g/mol. The monoisotopic (exact) mass is 1240 g/mol. The van der Waals surface area contributed by atoms with Gasteiger partial charge in [0.25, 0.3) is 0 Å². The van der Waals surface area contributed by atoms with Gasteiger partial charge in [0.2, 0.25) is 0 Å². The van der Waals surface area contributed by atoms with Gasteiger partial charge in [0.05, 0.1) is 70.0 Å². The third-order valence-corrected chi connectivity index (χ3v) is 3.95. The molecule has 42 heteroatoms. The molecule has 0 aliphatic carbocycles. The Morgan fingerprint density at radius 1 is 0.270 bits per heavy atom. The van der Waals surface area contributed by atoms with E-state index in [1.54, 1.807) is 79.7 Å². The molecule has 0 radical (unpaired) electrons. The summed E-state index contributed by atoms with van der Waals surface area (Å²) in [6.07, 6.45) is 0. The predicted molar refractivity (Wildman–Crippen MR) is 198 cm³/mol. The van der Waals surface area contributed by atoms with Gasteiger partial charge in [-0.1, -0.05) is 41.2 Å². The fourth-order valence-corrected chi connectivity index (χ4v) is 2.10. The number of nitriles is 4. The number of oxime groups is 8. The van der Waals surface area contributed by atoms with Gasteiger partial charge in [0, 0.05) is 27.7 Å². The van der Waals surface area contributed by atoms with Crippen molar-refractivity contribution in [1.82, 2.24) is 0 Å². The normalized spacial score (nSPS) is 19.6. The molecule has 0 saturated heterocycles. The largest absolute Gasteiger partial charge is 2.00 e. The third-order valence-electron chi connectivity index (χ3n) is 3.95. The minimum Gasteiger partial charge on any atom is -0.389 e. The van der Waals surface area contributed by atoms with Crippen LogP contribution in [0.4, 0.5) is 0 Å². The molecule has 0 unspecified atom stereocenters. The van der Waals surface area contributed by atoms with Crippen molar-refractivity contribution >= 4 is 45.7 Å². The number of nitrogens with zero attached hydrogens (tertiary/aromatic N) is 12. The van der Waals surface area contributed by atoms with E-state index in [2.05, 4.69) is 41.2 Å². The zero-order chi connectivity index (χ0) is 58.4. The summed E-state index contributed by atoms with van der Waals surface area (Å²) in [6.45, 7) is 21.9. The Morgan fingerprint density at radius 3 is 0.378 bits per heavy atom. The average Bonchev–Trinajstić information content (AvgIpc) is 3.16. The summed E-state index contributed by atoms with van der Waals surface area (Å²) >= 11 is 0. The van der Waals surface area contributed by atoms with E-state index in [1.807, 2.05) is 0 Å². The standard InChI is InChI=1S/2C12H20N4O4.4C2H3N.4ClHO4.2Fe/c2*1-9-5-17-14-11(3)7-19-16-12(4)8-20-15-10(2)6-18-13-9;4*1-2-3;4*2-1(3,4)5;;/h2*5-8H2,1-4H3;4*1H3;4*(H,2,3,4,5);;/q;;;;;;;;;;2*+2/p-4/b2*13-9+,14-11+,15-10+,16-12+;;;;;;;;;;. The second-order valence-electron chi connectivity index (χ2n) is 11.2. The van der Waals surface area contributed by atoms with E-state index in [-0.39, 0.29) is 87.0 Å². The zero-order valence-electron chi connectivity index (χ0n) is 41.0. The van der Waals surface area contributed by atoms with Crippen LogP contribution in [0.15, 0.2) is 41.2 Å². The van der Waals surface area contributed by atoms with Crippen molar-refractivity contribution < 1.29 is 188 Å². The van der Waals surface area contributed by atoms with Gasteiger partial charge in [0.1, 0.15) is 0 Å². The van der Waals surface area contributed by atoms with E-state index in [0.717, 1.165) is 0 Å². The maximum absolute atomic E-state index is 8.49. The van der Waals surface area contributed by atoms with Gasteiger partial charge in [-0.25, -0.2) is 74.5 Å². The molecule has 36 nitrogen and oxygen atoms in total. The Morgan fingerprint density at radius 2 is 0.324 bits per heavy atom. The molecule has 0 aromatic carbocycles. The summed E-state index contributed by atoms with van der Waals surface area (Å²) in [4.78, 5) is 40.9. The van der Waals surface area contributed by atoms with Crippen LogP contribution in [0.5, 0.6) is 0 Å². The van der Waals surface area contributed by atoms with Crippen molar-refractivity contribution in [2.24, 2.45) is 41.2 Å². The Bertz CT molecular complexity index is 1440. The number of rotatable bonds is 0. The van der Waals surface area contributed by atoms with Crippen LogP contribution in [0.1, 0.15) is 83.1 Å². The smallest absolute Gasteiger partial charge is 0.389 e. The number of hydrogen-bond acceptors (Lipinski definition) is 36. The minimum atomic E-state index is -4.94. The molecule has 74 heavy (non-hydrogen) atoms. The van der Waals surface area contributed by atoms with Crippen molar-refractivity contribution in [3.63, 3.8) is 0 Å². The molecule has 2 aliphatic rings. The molecule has 0 spiro atoms. The first kappa shape index (κ1) is 91.9. The third kappa shape index (κ3) is 158. The Kier molecular flexibility index (Phi) is 75.6. The molecule has 2 rings (SSSR count). The minimum absolute atomic E-state index is 0. The van der Waals surface area contributed by atoms with Crippen molar-refractivity contribution in [1.29, 1.82) is 21.0 Å². The van der Waals surface area contributed by atoms with E-state index in [9.17, 15) is 0 Å². The van der Waals surface area contributed by atoms with Crippen LogP contribution < -0.4 is 74.5 Å². The zero-order valence-corrected chi connectivity index (χ0v) is 46.3. The summed E-state index contributed by atoms with van der Waals surface area (Å²) in [7, 11) is -19.8. The van der Waals surface area contributed by atoms with Crippen molar-refractivity contribution in [3.8, 4) is 24.3 Å². The van der Waals surface area contributed by atoms with Gasteiger partial charge in [-0.3, -0.25) is 0 Å². The van der Waals surface area contributed by atoms with E-state index >= 15 is 0 Å². The second kappa shape index (κ2) is 60.8. The second-order valence-corrected chi connectivity index (χ2v) is 14.2. The number of hydrogen-bond donors (Lipinski definition) is 0. The van der Waals surface area contributed by atoms with Crippen LogP contribution in [0, 0.1) is 86.3 Å². The van der Waals surface area contributed by atoms with Crippen LogP contribution in [0.25, 0.3) is 0 Å². The molecule has 0 atom stereocenters. The molecule has 0 aromatic rings. The molecule has 0 fully saturated rings. The Balaban J connectivity index is -0.0000000868. The first-order chi connectivity index (χ1) is 32.8. The van der Waals surface area contributed by atoms with Gasteiger partial charge in [-0.05, 0) is 55.4 Å². The summed E-state index contributed by atoms with van der Waals surface area (Å²) < 4.78 is 136. The van der Waals surface area contributed by atoms with Gasteiger partial charge in [-0.15, -0.1) is 41.0 Å². The molecule has 428 valence electrons. The van der Waals surface area contributed by atoms with Crippen molar-refractivity contribution in [3.05, 3.63) is 0 Å². The van der Waals surface area contributed by atoms with E-state index in [0.29, 0.717) is 45.7 Å². The quantitative estimate of drug-likeness (QED) is 0.203. The summed E-state index contributed by atoms with van der Waals surface area (Å²) in [5.41, 5.74) is 5.31. The molecule has 2 aliphatic heterocycles. The van der Waals surface area contributed by atoms with Gasteiger partial charge in [-0.2, -0.15) is 21.0 Å². The molecule has 0 amide bonds. The first-order valence-electron chi connectivity index (χ1n) is 17.8. The van der Waals surface area contributed by atoms with E-state index in [1.165, 1.54) is 27.7 Å². The summed E-state index contributed by atoms with van der Waals surface area (Å²) in [5.74, 6) is 0. The number of halogens is 4. The van der Waals surface area contributed by atoms with E-state index < -0.39 is 41.0 Å². The fourth-order valence-electron chi connectivity index (χ4n) is 2.10. The fraction of sp³-hybridized carbons (Fsp3) is 0.625. The molecule has 0 N–H and O–H groups in total. The molecule has 2 heterocycles. The topological polar surface area (TPSA) is 637 Å². The molecule has 0 bridgehead atoms. The van der Waals surface area contributed by atoms with Crippen LogP contribution in [0.2, 0.25) is 0 Å². The van der Waals surface area contributed by atoms with E-state index in [4.69, 9.17) is 134 Å². The van der Waals surface area contributed by atoms with Crippen LogP contribution >= 0.6 is 0 Å². The van der Waals surface area contributed by atoms with Crippen molar-refractivity contribution in [2.75, 3.05) is 52.9 Å².